The normalized spacial score (nSPS) is 16.5. The first-order valence-electron chi connectivity index (χ1n) is 6.98. The van der Waals surface area contributed by atoms with E-state index in [0.717, 1.165) is 31.6 Å². The lowest BCUT2D eigenvalue weighted by molar-refractivity contribution is 0.585. The molecule has 4 N–H and O–H groups in total. The highest BCUT2D eigenvalue weighted by atomic mass is 32.2. The Morgan fingerprint density at radius 2 is 2.00 bits per heavy atom. The molecule has 2 rings (SSSR count). The van der Waals surface area contributed by atoms with Gasteiger partial charge in [0.25, 0.3) is 0 Å². The number of anilines is 1. The van der Waals surface area contributed by atoms with Crippen LogP contribution in [0, 0.1) is 0 Å². The Balaban J connectivity index is 2.19. The van der Waals surface area contributed by atoms with Crippen molar-refractivity contribution in [2.24, 2.45) is 10.9 Å². The van der Waals surface area contributed by atoms with Gasteiger partial charge in [0.15, 0.2) is 0 Å². The molecular formula is C13H22N4O2S. The number of hydrogen-bond donors (Lipinski definition) is 2. The Morgan fingerprint density at radius 3 is 2.50 bits per heavy atom. The second kappa shape index (κ2) is 6.51. The minimum atomic E-state index is -3.68. The summed E-state index contributed by atoms with van der Waals surface area (Å²) in [4.78, 5) is 6.56. The van der Waals surface area contributed by atoms with Crippen molar-refractivity contribution >= 4 is 15.8 Å². The van der Waals surface area contributed by atoms with Gasteiger partial charge in [-0.2, -0.15) is 0 Å². The summed E-state index contributed by atoms with van der Waals surface area (Å²) >= 11 is 0. The molecule has 112 valence electrons. The van der Waals surface area contributed by atoms with Gasteiger partial charge in [-0.15, -0.1) is 0 Å². The summed E-state index contributed by atoms with van der Waals surface area (Å²) in [5.74, 6) is 0.803. The van der Waals surface area contributed by atoms with Gasteiger partial charge in [0.05, 0.1) is 0 Å². The van der Waals surface area contributed by atoms with Crippen molar-refractivity contribution in [3.8, 4) is 0 Å². The number of pyridine rings is 1. The van der Waals surface area contributed by atoms with Gasteiger partial charge in [-0.05, 0) is 37.9 Å². The van der Waals surface area contributed by atoms with Crippen LogP contribution >= 0.6 is 0 Å². The highest BCUT2D eigenvalue weighted by Crippen LogP contribution is 2.27. The van der Waals surface area contributed by atoms with E-state index in [1.807, 2.05) is 0 Å². The van der Waals surface area contributed by atoms with Crippen molar-refractivity contribution in [1.29, 1.82) is 0 Å². The number of sulfonamides is 1. The second-order valence-electron chi connectivity index (χ2n) is 5.17. The molecule has 0 spiro atoms. The molecule has 1 saturated carbocycles. The number of primary sulfonamides is 1. The maximum absolute atomic E-state index is 11.2. The molecule has 6 nitrogen and oxygen atoms in total. The fourth-order valence-electron chi connectivity index (χ4n) is 2.67. The summed E-state index contributed by atoms with van der Waals surface area (Å²) in [6.45, 7) is 1.49. The number of nitrogens with two attached hydrogens (primary N) is 2. The van der Waals surface area contributed by atoms with Crippen molar-refractivity contribution in [2.45, 2.75) is 43.0 Å². The third-order valence-electron chi connectivity index (χ3n) is 3.71. The summed E-state index contributed by atoms with van der Waals surface area (Å²) in [6.07, 6.45) is 7.01. The zero-order valence-electron chi connectivity index (χ0n) is 11.5. The van der Waals surface area contributed by atoms with Gasteiger partial charge >= 0.3 is 0 Å². The Bertz CT molecular complexity index is 524. The molecular weight excluding hydrogens is 276 g/mol. The second-order valence-corrected chi connectivity index (χ2v) is 6.73. The zero-order valence-corrected chi connectivity index (χ0v) is 12.3. The predicted octanol–water partition coefficient (Wildman–Crippen LogP) is 0.827. The minimum Gasteiger partial charge on any atom is -0.354 e. The molecule has 0 aromatic carbocycles. The summed E-state index contributed by atoms with van der Waals surface area (Å²) in [6, 6.07) is 3.73. The molecule has 0 saturated heterocycles. The van der Waals surface area contributed by atoms with Gasteiger partial charge in [-0.1, -0.05) is 12.8 Å². The van der Waals surface area contributed by atoms with E-state index in [2.05, 4.69) is 9.88 Å². The molecule has 1 fully saturated rings. The van der Waals surface area contributed by atoms with E-state index in [4.69, 9.17) is 10.9 Å². The lowest BCUT2D eigenvalue weighted by Crippen LogP contribution is -2.35. The first-order chi connectivity index (χ1) is 9.52. The largest absolute Gasteiger partial charge is 0.354 e. The average molecular weight is 298 g/mol. The van der Waals surface area contributed by atoms with E-state index in [-0.39, 0.29) is 4.90 Å². The number of aromatic nitrogens is 1. The number of nitrogens with zero attached hydrogens (tertiary/aromatic N) is 2. The van der Waals surface area contributed by atoms with Gasteiger partial charge in [0.1, 0.15) is 10.7 Å². The third kappa shape index (κ3) is 3.68. The monoisotopic (exact) mass is 298 g/mol. The summed E-state index contributed by atoms with van der Waals surface area (Å²) < 4.78 is 22.5. The first kappa shape index (κ1) is 15.2. The lowest BCUT2D eigenvalue weighted by Gasteiger charge is -2.30. The fraction of sp³-hybridized carbons (Fsp3) is 0.615. The molecule has 1 aromatic heterocycles. The van der Waals surface area contributed by atoms with Crippen LogP contribution in [-0.4, -0.2) is 32.5 Å². The number of rotatable bonds is 6. The molecule has 1 aliphatic carbocycles. The first-order valence-corrected chi connectivity index (χ1v) is 8.52. The Labute approximate surface area is 120 Å². The SMILES string of the molecule is NCCCN(c1ccc(S(N)(=O)=O)cn1)C1CCCC1. The van der Waals surface area contributed by atoms with Crippen LogP contribution in [0.4, 0.5) is 5.82 Å². The highest BCUT2D eigenvalue weighted by Gasteiger charge is 2.23. The summed E-state index contributed by atoms with van der Waals surface area (Å²) in [5, 5.41) is 5.09. The van der Waals surface area contributed by atoms with Crippen molar-refractivity contribution < 1.29 is 8.42 Å². The van der Waals surface area contributed by atoms with Gasteiger partial charge in [-0.25, -0.2) is 18.5 Å². The quantitative estimate of drug-likeness (QED) is 0.809. The van der Waals surface area contributed by atoms with Gasteiger partial charge < -0.3 is 10.6 Å². The average Bonchev–Trinajstić information content (AvgIpc) is 2.93. The molecule has 0 bridgehead atoms. The molecule has 7 heteroatoms. The molecule has 0 radical (unpaired) electrons. The molecule has 1 aromatic rings. The summed E-state index contributed by atoms with van der Waals surface area (Å²) in [5.41, 5.74) is 5.59. The van der Waals surface area contributed by atoms with E-state index in [1.54, 1.807) is 6.07 Å². The Kier molecular flexibility index (Phi) is 4.95. The standard InChI is InChI=1S/C13H22N4O2S/c14-8-3-9-17(11-4-1-2-5-11)13-7-6-12(10-16-13)20(15,18)19/h6-7,10-11H,1-5,8-9,14H2,(H2,15,18,19). The van der Waals surface area contributed by atoms with Crippen LogP contribution in [0.25, 0.3) is 0 Å². The molecule has 0 aliphatic heterocycles. The zero-order chi connectivity index (χ0) is 14.6. The van der Waals surface area contributed by atoms with Crippen molar-refractivity contribution in [2.75, 3.05) is 18.0 Å². The molecule has 0 unspecified atom stereocenters. The topological polar surface area (TPSA) is 102 Å². The van der Waals surface area contributed by atoms with Crippen LogP contribution in [0.3, 0.4) is 0 Å². The van der Waals surface area contributed by atoms with Crippen LogP contribution in [-0.2, 0) is 10.0 Å². The van der Waals surface area contributed by atoms with Gasteiger partial charge in [-0.3, -0.25) is 0 Å². The van der Waals surface area contributed by atoms with Crippen LogP contribution in [0.15, 0.2) is 23.2 Å². The Morgan fingerprint density at radius 1 is 1.30 bits per heavy atom. The van der Waals surface area contributed by atoms with Crippen molar-refractivity contribution in [3.05, 3.63) is 18.3 Å². The van der Waals surface area contributed by atoms with Crippen LogP contribution in [0.5, 0.6) is 0 Å². The van der Waals surface area contributed by atoms with E-state index in [0.29, 0.717) is 12.6 Å². The van der Waals surface area contributed by atoms with E-state index >= 15 is 0 Å². The van der Waals surface area contributed by atoms with Crippen molar-refractivity contribution in [3.63, 3.8) is 0 Å². The van der Waals surface area contributed by atoms with Crippen molar-refractivity contribution in [1.82, 2.24) is 4.98 Å². The maximum Gasteiger partial charge on any atom is 0.239 e. The number of hydrogen-bond acceptors (Lipinski definition) is 5. The van der Waals surface area contributed by atoms with E-state index < -0.39 is 10.0 Å². The lowest BCUT2D eigenvalue weighted by atomic mass is 10.2. The molecule has 1 heterocycles. The highest BCUT2D eigenvalue weighted by molar-refractivity contribution is 7.89. The Hall–Kier alpha value is -1.18. The smallest absolute Gasteiger partial charge is 0.239 e. The maximum atomic E-state index is 11.2. The van der Waals surface area contributed by atoms with E-state index in [9.17, 15) is 8.42 Å². The van der Waals surface area contributed by atoms with Crippen LogP contribution < -0.4 is 15.8 Å². The molecule has 0 atom stereocenters. The predicted molar refractivity (Wildman–Crippen MR) is 78.9 cm³/mol. The molecule has 0 amide bonds. The molecule has 1 aliphatic rings. The molecule has 20 heavy (non-hydrogen) atoms. The fourth-order valence-corrected chi connectivity index (χ4v) is 3.13. The van der Waals surface area contributed by atoms with Crippen LogP contribution in [0.2, 0.25) is 0 Å². The van der Waals surface area contributed by atoms with Gasteiger partial charge in [0.2, 0.25) is 10.0 Å². The van der Waals surface area contributed by atoms with Gasteiger partial charge in [0, 0.05) is 18.8 Å². The van der Waals surface area contributed by atoms with E-state index in [1.165, 1.54) is 25.1 Å². The minimum absolute atomic E-state index is 0.0476. The third-order valence-corrected chi connectivity index (χ3v) is 4.61. The van der Waals surface area contributed by atoms with Crippen LogP contribution in [0.1, 0.15) is 32.1 Å². The summed E-state index contributed by atoms with van der Waals surface area (Å²) in [7, 11) is -3.68.